The molecule has 0 aliphatic rings. The zero-order valence-electron chi connectivity index (χ0n) is 14.6. The van der Waals surface area contributed by atoms with E-state index in [4.69, 9.17) is 4.74 Å². The van der Waals surface area contributed by atoms with Crippen LogP contribution in [-0.4, -0.2) is 28.2 Å². The van der Waals surface area contributed by atoms with E-state index in [1.807, 2.05) is 35.7 Å². The molecule has 0 aliphatic heterocycles. The number of anilines is 1. The first-order valence-corrected chi connectivity index (χ1v) is 9.85. The standard InChI is InChI=1S/C19H16N4O2S2/c1-11-3-8-16(27-11)15-10-26-19(21-15)22-18(24)14-9-20-23-17(14)12-4-6-13(25-2)7-5-12/h3-10H,1-2H3,(H,20,23)(H,21,22,24). The molecular formula is C19H16N4O2S2. The molecule has 1 amide bonds. The van der Waals surface area contributed by atoms with Crippen molar-refractivity contribution in [2.75, 3.05) is 12.4 Å². The van der Waals surface area contributed by atoms with Crippen molar-refractivity contribution < 1.29 is 9.53 Å². The number of nitrogens with zero attached hydrogens (tertiary/aromatic N) is 2. The normalized spacial score (nSPS) is 10.7. The van der Waals surface area contributed by atoms with Crippen LogP contribution >= 0.6 is 22.7 Å². The molecule has 3 aromatic heterocycles. The molecule has 1 aromatic carbocycles. The van der Waals surface area contributed by atoms with E-state index < -0.39 is 0 Å². The van der Waals surface area contributed by atoms with E-state index in [1.165, 1.54) is 22.4 Å². The Morgan fingerprint density at radius 1 is 1.19 bits per heavy atom. The van der Waals surface area contributed by atoms with Crippen molar-refractivity contribution in [1.82, 2.24) is 15.2 Å². The van der Waals surface area contributed by atoms with Gasteiger partial charge in [0, 0.05) is 15.8 Å². The summed E-state index contributed by atoms with van der Waals surface area (Å²) in [6, 6.07) is 11.5. The summed E-state index contributed by atoms with van der Waals surface area (Å²) in [6.45, 7) is 2.06. The minimum atomic E-state index is -0.252. The number of amides is 1. The average molecular weight is 396 g/mol. The summed E-state index contributed by atoms with van der Waals surface area (Å²) in [5.74, 6) is 0.501. The average Bonchev–Trinajstić information content (AvgIpc) is 3.42. The van der Waals surface area contributed by atoms with Crippen LogP contribution in [0.4, 0.5) is 5.13 Å². The molecule has 0 radical (unpaired) electrons. The molecule has 6 nitrogen and oxygen atoms in total. The fraction of sp³-hybridized carbons (Fsp3) is 0.105. The molecule has 0 fully saturated rings. The lowest BCUT2D eigenvalue weighted by atomic mass is 10.1. The SMILES string of the molecule is COc1ccc(-c2[nH]ncc2C(=O)Nc2nc(-c3ccc(C)s3)cs2)cc1. The Labute approximate surface area is 163 Å². The summed E-state index contributed by atoms with van der Waals surface area (Å²) in [6.07, 6.45) is 1.52. The van der Waals surface area contributed by atoms with Gasteiger partial charge in [0.1, 0.15) is 5.75 Å². The Hall–Kier alpha value is -2.97. The van der Waals surface area contributed by atoms with Crippen molar-refractivity contribution in [2.24, 2.45) is 0 Å². The molecule has 0 atom stereocenters. The number of hydrogen-bond donors (Lipinski definition) is 2. The van der Waals surface area contributed by atoms with Crippen LogP contribution < -0.4 is 10.1 Å². The van der Waals surface area contributed by atoms with Gasteiger partial charge in [-0.05, 0) is 43.3 Å². The number of thiophene rings is 1. The van der Waals surface area contributed by atoms with E-state index in [9.17, 15) is 4.79 Å². The molecule has 0 aliphatic carbocycles. The third-order valence-corrected chi connectivity index (χ3v) is 5.76. The minimum absolute atomic E-state index is 0.252. The lowest BCUT2D eigenvalue weighted by molar-refractivity contribution is 0.102. The maximum atomic E-state index is 12.7. The number of ether oxygens (including phenoxy) is 1. The summed E-state index contributed by atoms with van der Waals surface area (Å²) in [5, 5.41) is 12.3. The number of carbonyl (C=O) groups is 1. The predicted molar refractivity (Wildman–Crippen MR) is 109 cm³/mol. The van der Waals surface area contributed by atoms with E-state index in [0.29, 0.717) is 16.4 Å². The molecule has 136 valence electrons. The Bertz CT molecular complexity index is 1080. The highest BCUT2D eigenvalue weighted by atomic mass is 32.1. The fourth-order valence-electron chi connectivity index (χ4n) is 2.62. The van der Waals surface area contributed by atoms with Crippen LogP contribution in [0.3, 0.4) is 0 Å². The summed E-state index contributed by atoms with van der Waals surface area (Å²) in [4.78, 5) is 19.6. The molecular weight excluding hydrogens is 380 g/mol. The van der Waals surface area contributed by atoms with Crippen LogP contribution in [-0.2, 0) is 0 Å². The summed E-state index contributed by atoms with van der Waals surface area (Å²) in [7, 11) is 1.61. The second kappa shape index (κ2) is 7.34. The topological polar surface area (TPSA) is 79.9 Å². The van der Waals surface area contributed by atoms with Gasteiger partial charge >= 0.3 is 0 Å². The third kappa shape index (κ3) is 3.62. The molecule has 4 rings (SSSR count). The van der Waals surface area contributed by atoms with E-state index in [-0.39, 0.29) is 5.91 Å². The second-order valence-electron chi connectivity index (χ2n) is 5.79. The zero-order valence-corrected chi connectivity index (χ0v) is 16.3. The Morgan fingerprint density at radius 2 is 2.00 bits per heavy atom. The molecule has 0 unspecified atom stereocenters. The van der Waals surface area contributed by atoms with E-state index in [1.54, 1.807) is 18.4 Å². The predicted octanol–water partition coefficient (Wildman–Crippen LogP) is 4.83. The number of aryl methyl sites for hydroxylation is 1. The molecule has 0 saturated carbocycles. The van der Waals surface area contributed by atoms with Crippen molar-refractivity contribution in [2.45, 2.75) is 6.92 Å². The maximum Gasteiger partial charge on any atom is 0.261 e. The Morgan fingerprint density at radius 3 is 2.70 bits per heavy atom. The van der Waals surface area contributed by atoms with E-state index >= 15 is 0 Å². The highest BCUT2D eigenvalue weighted by Gasteiger charge is 2.17. The van der Waals surface area contributed by atoms with Crippen molar-refractivity contribution in [3.05, 3.63) is 58.4 Å². The molecule has 4 aromatic rings. The monoisotopic (exact) mass is 396 g/mol. The van der Waals surface area contributed by atoms with Gasteiger partial charge in [-0.1, -0.05) is 0 Å². The Kier molecular flexibility index (Phi) is 4.74. The lowest BCUT2D eigenvalue weighted by Crippen LogP contribution is -2.12. The van der Waals surface area contributed by atoms with Crippen LogP contribution in [0.25, 0.3) is 21.8 Å². The van der Waals surface area contributed by atoms with Crippen LogP contribution in [0.15, 0.2) is 48.0 Å². The van der Waals surface area contributed by atoms with Crippen LogP contribution in [0.1, 0.15) is 15.2 Å². The number of aromatic nitrogens is 3. The van der Waals surface area contributed by atoms with Gasteiger partial charge in [-0.15, -0.1) is 22.7 Å². The number of aromatic amines is 1. The van der Waals surface area contributed by atoms with Gasteiger partial charge in [-0.3, -0.25) is 15.2 Å². The van der Waals surface area contributed by atoms with E-state index in [2.05, 4.69) is 33.5 Å². The van der Waals surface area contributed by atoms with Crippen molar-refractivity contribution >= 4 is 33.7 Å². The van der Waals surface area contributed by atoms with E-state index in [0.717, 1.165) is 21.9 Å². The minimum Gasteiger partial charge on any atom is -0.497 e. The van der Waals surface area contributed by atoms with Gasteiger partial charge in [-0.2, -0.15) is 5.10 Å². The lowest BCUT2D eigenvalue weighted by Gasteiger charge is -2.05. The summed E-state index contributed by atoms with van der Waals surface area (Å²) >= 11 is 3.08. The molecule has 2 N–H and O–H groups in total. The number of carbonyl (C=O) groups excluding carboxylic acids is 1. The van der Waals surface area contributed by atoms with Crippen LogP contribution in [0.2, 0.25) is 0 Å². The third-order valence-electron chi connectivity index (χ3n) is 3.98. The summed E-state index contributed by atoms with van der Waals surface area (Å²) in [5.41, 5.74) is 2.84. The molecule has 0 spiro atoms. The first-order chi connectivity index (χ1) is 13.1. The maximum absolute atomic E-state index is 12.7. The Balaban J connectivity index is 1.54. The quantitative estimate of drug-likeness (QED) is 0.506. The van der Waals surface area contributed by atoms with Gasteiger partial charge in [0.15, 0.2) is 5.13 Å². The van der Waals surface area contributed by atoms with Crippen molar-refractivity contribution in [3.8, 4) is 27.6 Å². The van der Waals surface area contributed by atoms with Gasteiger partial charge in [0.05, 0.1) is 35.1 Å². The second-order valence-corrected chi connectivity index (χ2v) is 7.94. The first kappa shape index (κ1) is 17.4. The smallest absolute Gasteiger partial charge is 0.261 e. The van der Waals surface area contributed by atoms with Crippen molar-refractivity contribution in [3.63, 3.8) is 0 Å². The van der Waals surface area contributed by atoms with Crippen LogP contribution in [0.5, 0.6) is 5.75 Å². The van der Waals surface area contributed by atoms with Gasteiger partial charge in [0.2, 0.25) is 0 Å². The number of H-pyrrole nitrogens is 1. The number of rotatable bonds is 5. The number of hydrogen-bond acceptors (Lipinski definition) is 6. The highest BCUT2D eigenvalue weighted by molar-refractivity contribution is 7.17. The number of benzene rings is 1. The van der Waals surface area contributed by atoms with Crippen molar-refractivity contribution in [1.29, 1.82) is 0 Å². The first-order valence-electron chi connectivity index (χ1n) is 8.15. The van der Waals surface area contributed by atoms with Crippen LogP contribution in [0, 0.1) is 6.92 Å². The van der Waals surface area contributed by atoms with Gasteiger partial charge in [-0.25, -0.2) is 4.98 Å². The molecule has 3 heterocycles. The molecule has 8 heteroatoms. The number of thiazole rings is 1. The van der Waals surface area contributed by atoms with Gasteiger partial charge in [0.25, 0.3) is 5.91 Å². The number of nitrogens with one attached hydrogen (secondary N) is 2. The molecule has 0 bridgehead atoms. The highest BCUT2D eigenvalue weighted by Crippen LogP contribution is 2.31. The molecule has 27 heavy (non-hydrogen) atoms. The molecule has 0 saturated heterocycles. The summed E-state index contributed by atoms with van der Waals surface area (Å²) < 4.78 is 5.17. The number of methoxy groups -OCH3 is 1. The fourth-order valence-corrected chi connectivity index (χ4v) is 4.23. The largest absolute Gasteiger partial charge is 0.497 e. The zero-order chi connectivity index (χ0) is 18.8. The van der Waals surface area contributed by atoms with Gasteiger partial charge < -0.3 is 4.74 Å².